The Balaban J connectivity index is 2.01. The summed E-state index contributed by atoms with van der Waals surface area (Å²) in [4.78, 5) is 23.9. The van der Waals surface area contributed by atoms with Crippen LogP contribution in [0.2, 0.25) is 0 Å². The Morgan fingerprint density at radius 1 is 1.09 bits per heavy atom. The number of halogens is 1. The van der Waals surface area contributed by atoms with E-state index in [4.69, 9.17) is 4.74 Å². The van der Waals surface area contributed by atoms with Crippen LogP contribution < -0.4 is 5.32 Å². The topological polar surface area (TPSA) is 55.4 Å². The van der Waals surface area contributed by atoms with E-state index < -0.39 is 23.8 Å². The lowest BCUT2D eigenvalue weighted by atomic mass is 10.2. The summed E-state index contributed by atoms with van der Waals surface area (Å²) in [5, 5.41) is 2.67. The maximum atomic E-state index is 13.5. The van der Waals surface area contributed by atoms with Gasteiger partial charge in [0.15, 0.2) is 6.10 Å². The van der Waals surface area contributed by atoms with Gasteiger partial charge in [-0.25, -0.2) is 9.18 Å². The van der Waals surface area contributed by atoms with E-state index in [1.807, 2.05) is 19.1 Å². The van der Waals surface area contributed by atoms with Crippen molar-refractivity contribution in [1.29, 1.82) is 0 Å². The van der Waals surface area contributed by atoms with E-state index in [0.29, 0.717) is 5.69 Å². The molecule has 1 atom stereocenters. The molecule has 0 heterocycles. The Morgan fingerprint density at radius 2 is 1.73 bits per heavy atom. The van der Waals surface area contributed by atoms with E-state index in [-0.39, 0.29) is 5.56 Å². The maximum absolute atomic E-state index is 13.5. The zero-order chi connectivity index (χ0) is 16.1. The van der Waals surface area contributed by atoms with Crippen molar-refractivity contribution in [2.45, 2.75) is 20.0 Å². The van der Waals surface area contributed by atoms with Gasteiger partial charge in [-0.1, -0.05) is 30.3 Å². The molecule has 0 spiro atoms. The molecule has 2 aromatic carbocycles. The fraction of sp³-hybridized carbons (Fsp3) is 0.176. The predicted octanol–water partition coefficient (Wildman–Crippen LogP) is 3.32. The average molecular weight is 301 g/mol. The van der Waals surface area contributed by atoms with Crippen molar-refractivity contribution in [3.63, 3.8) is 0 Å². The molecule has 5 heteroatoms. The number of rotatable bonds is 4. The lowest BCUT2D eigenvalue weighted by molar-refractivity contribution is -0.123. The van der Waals surface area contributed by atoms with Crippen LogP contribution in [-0.4, -0.2) is 18.0 Å². The molecule has 0 aliphatic heterocycles. The van der Waals surface area contributed by atoms with Crippen LogP contribution in [-0.2, 0) is 9.53 Å². The summed E-state index contributed by atoms with van der Waals surface area (Å²) in [6.45, 7) is 3.29. The number of benzene rings is 2. The number of nitrogens with one attached hydrogen (secondary N) is 1. The minimum absolute atomic E-state index is 0.196. The monoisotopic (exact) mass is 301 g/mol. The summed E-state index contributed by atoms with van der Waals surface area (Å²) in [6, 6.07) is 12.7. The number of para-hydroxylation sites is 1. The van der Waals surface area contributed by atoms with Crippen molar-refractivity contribution < 1.29 is 18.7 Å². The number of anilines is 1. The fourth-order valence-electron chi connectivity index (χ4n) is 1.85. The Bertz CT molecular complexity index is 700. The average Bonchev–Trinajstić information content (AvgIpc) is 2.49. The third-order valence-electron chi connectivity index (χ3n) is 3.15. The molecule has 0 aliphatic rings. The highest BCUT2D eigenvalue weighted by atomic mass is 19.1. The molecule has 1 unspecified atom stereocenters. The highest BCUT2D eigenvalue weighted by molar-refractivity contribution is 5.97. The molecule has 2 rings (SSSR count). The van der Waals surface area contributed by atoms with E-state index in [9.17, 15) is 14.0 Å². The summed E-state index contributed by atoms with van der Waals surface area (Å²) in [5.41, 5.74) is 1.34. The standard InChI is InChI=1S/C17H16FNO3/c1-11-7-3-6-10-15(11)19-16(20)12(2)22-17(21)13-8-4-5-9-14(13)18/h3-10,12H,1-2H3,(H,19,20). The normalized spacial score (nSPS) is 11.6. The van der Waals surface area contributed by atoms with E-state index in [1.54, 1.807) is 12.1 Å². The number of aryl methyl sites for hydroxylation is 1. The van der Waals surface area contributed by atoms with Gasteiger partial charge in [0, 0.05) is 5.69 Å². The molecule has 0 aromatic heterocycles. The summed E-state index contributed by atoms with van der Waals surface area (Å²) < 4.78 is 18.5. The summed E-state index contributed by atoms with van der Waals surface area (Å²) in [6.07, 6.45) is -1.04. The second kappa shape index (κ2) is 6.85. The van der Waals surface area contributed by atoms with Gasteiger partial charge in [0.1, 0.15) is 5.82 Å². The van der Waals surface area contributed by atoms with Crippen molar-refractivity contribution in [2.24, 2.45) is 0 Å². The third kappa shape index (κ3) is 3.69. The fourth-order valence-corrected chi connectivity index (χ4v) is 1.85. The molecule has 0 bridgehead atoms. The number of hydrogen-bond donors (Lipinski definition) is 1. The van der Waals surface area contributed by atoms with Crippen molar-refractivity contribution in [3.8, 4) is 0 Å². The number of esters is 1. The summed E-state index contributed by atoms with van der Waals surface area (Å²) in [5.74, 6) is -2.02. The second-order valence-electron chi connectivity index (χ2n) is 4.83. The predicted molar refractivity (Wildman–Crippen MR) is 81.1 cm³/mol. The van der Waals surface area contributed by atoms with Gasteiger partial charge in [-0.15, -0.1) is 0 Å². The zero-order valence-electron chi connectivity index (χ0n) is 12.3. The van der Waals surface area contributed by atoms with E-state index >= 15 is 0 Å². The largest absolute Gasteiger partial charge is 0.449 e. The van der Waals surface area contributed by atoms with E-state index in [2.05, 4.69) is 5.32 Å². The lowest BCUT2D eigenvalue weighted by Crippen LogP contribution is -2.30. The molecular weight excluding hydrogens is 285 g/mol. The smallest absolute Gasteiger partial charge is 0.341 e. The lowest BCUT2D eigenvalue weighted by Gasteiger charge is -2.14. The molecule has 0 radical (unpaired) electrons. The van der Waals surface area contributed by atoms with Crippen molar-refractivity contribution in [2.75, 3.05) is 5.32 Å². The van der Waals surface area contributed by atoms with Crippen LogP contribution in [0.5, 0.6) is 0 Å². The summed E-state index contributed by atoms with van der Waals surface area (Å²) >= 11 is 0. The third-order valence-corrected chi connectivity index (χ3v) is 3.15. The first-order valence-corrected chi connectivity index (χ1v) is 6.81. The summed E-state index contributed by atoms with van der Waals surface area (Å²) in [7, 11) is 0. The Hall–Kier alpha value is -2.69. The molecule has 4 nitrogen and oxygen atoms in total. The number of carbonyl (C=O) groups is 2. The first-order valence-electron chi connectivity index (χ1n) is 6.81. The van der Waals surface area contributed by atoms with Gasteiger partial charge in [-0.3, -0.25) is 4.79 Å². The second-order valence-corrected chi connectivity index (χ2v) is 4.83. The highest BCUT2D eigenvalue weighted by Gasteiger charge is 2.21. The Kier molecular flexibility index (Phi) is 4.88. The number of ether oxygens (including phenoxy) is 1. The van der Waals surface area contributed by atoms with Crippen LogP contribution in [0.15, 0.2) is 48.5 Å². The van der Waals surface area contributed by atoms with Crippen LogP contribution in [0, 0.1) is 12.7 Å². The van der Waals surface area contributed by atoms with Gasteiger partial charge in [0.05, 0.1) is 5.56 Å². The first kappa shape index (κ1) is 15.7. The van der Waals surface area contributed by atoms with Gasteiger partial charge in [0.2, 0.25) is 0 Å². The molecule has 0 fully saturated rings. The maximum Gasteiger partial charge on any atom is 0.341 e. The highest BCUT2D eigenvalue weighted by Crippen LogP contribution is 2.14. The van der Waals surface area contributed by atoms with Gasteiger partial charge in [-0.05, 0) is 37.6 Å². The molecule has 22 heavy (non-hydrogen) atoms. The van der Waals surface area contributed by atoms with Crippen LogP contribution in [0.3, 0.4) is 0 Å². The van der Waals surface area contributed by atoms with Gasteiger partial charge >= 0.3 is 5.97 Å². The van der Waals surface area contributed by atoms with Crippen LogP contribution in [0.25, 0.3) is 0 Å². The van der Waals surface area contributed by atoms with E-state index in [1.165, 1.54) is 25.1 Å². The molecule has 2 aromatic rings. The number of amides is 1. The van der Waals surface area contributed by atoms with Gasteiger partial charge < -0.3 is 10.1 Å². The van der Waals surface area contributed by atoms with Crippen molar-refractivity contribution >= 4 is 17.6 Å². The number of hydrogen-bond acceptors (Lipinski definition) is 3. The molecule has 0 saturated carbocycles. The quantitative estimate of drug-likeness (QED) is 0.881. The Labute approximate surface area is 127 Å². The van der Waals surface area contributed by atoms with Crippen LogP contribution in [0.4, 0.5) is 10.1 Å². The van der Waals surface area contributed by atoms with Crippen molar-refractivity contribution in [1.82, 2.24) is 0 Å². The SMILES string of the molecule is Cc1ccccc1NC(=O)C(C)OC(=O)c1ccccc1F. The number of carbonyl (C=O) groups excluding carboxylic acids is 2. The minimum Gasteiger partial charge on any atom is -0.449 e. The molecule has 0 aliphatic carbocycles. The van der Waals surface area contributed by atoms with Gasteiger partial charge in [0.25, 0.3) is 5.91 Å². The zero-order valence-corrected chi connectivity index (χ0v) is 12.3. The van der Waals surface area contributed by atoms with Crippen LogP contribution in [0.1, 0.15) is 22.8 Å². The van der Waals surface area contributed by atoms with Crippen LogP contribution >= 0.6 is 0 Å². The minimum atomic E-state index is -1.04. The Morgan fingerprint density at radius 3 is 2.41 bits per heavy atom. The molecule has 0 saturated heterocycles. The molecular formula is C17H16FNO3. The molecule has 1 amide bonds. The molecule has 1 N–H and O–H groups in total. The first-order chi connectivity index (χ1) is 10.5. The van der Waals surface area contributed by atoms with Gasteiger partial charge in [-0.2, -0.15) is 0 Å². The van der Waals surface area contributed by atoms with E-state index in [0.717, 1.165) is 11.6 Å². The molecule has 114 valence electrons. The van der Waals surface area contributed by atoms with Crippen molar-refractivity contribution in [3.05, 3.63) is 65.5 Å².